The number of aliphatic hydroxyl groups excluding tert-OH is 3. The van der Waals surface area contributed by atoms with E-state index < -0.39 is 59.7 Å². The highest BCUT2D eigenvalue weighted by Gasteiger charge is 2.50. The Balaban J connectivity index is 1.94. The Morgan fingerprint density at radius 2 is 1.79 bits per heavy atom. The van der Waals surface area contributed by atoms with E-state index in [1.165, 1.54) is 6.08 Å². The molecular weight excluding hydrogens is 600 g/mol. The number of allylic oxidation sites excluding steroid dienone is 5. The minimum atomic E-state index is -1.74. The van der Waals surface area contributed by atoms with Crippen LogP contribution >= 0.6 is 0 Å². The Kier molecular flexibility index (Phi) is 14.5. The number of hydrogen-bond donors (Lipinski definition) is 4. The first kappa shape index (κ1) is 39.6. The normalized spacial score (nSPS) is 43.2. The van der Waals surface area contributed by atoms with Crippen molar-refractivity contribution in [2.24, 2.45) is 29.6 Å². The summed E-state index contributed by atoms with van der Waals surface area (Å²) in [4.78, 5) is 13.2. The second kappa shape index (κ2) is 17.2. The van der Waals surface area contributed by atoms with Gasteiger partial charge in [-0.15, -0.1) is 0 Å². The molecule has 3 heterocycles. The summed E-state index contributed by atoms with van der Waals surface area (Å²) in [5.74, 6) is -4.33. The van der Waals surface area contributed by atoms with Crippen molar-refractivity contribution in [2.75, 3.05) is 6.79 Å². The van der Waals surface area contributed by atoms with Crippen LogP contribution in [0.5, 0.6) is 0 Å². The number of ether oxygens (including phenoxy) is 4. The van der Waals surface area contributed by atoms with Gasteiger partial charge in [0.05, 0.1) is 30.5 Å². The Morgan fingerprint density at radius 1 is 1.09 bits per heavy atom. The van der Waals surface area contributed by atoms with Crippen LogP contribution in [0.2, 0.25) is 0 Å². The Morgan fingerprint density at radius 3 is 2.45 bits per heavy atom. The van der Waals surface area contributed by atoms with Crippen LogP contribution in [0.3, 0.4) is 0 Å². The van der Waals surface area contributed by atoms with E-state index in [2.05, 4.69) is 6.92 Å². The maximum Gasteiger partial charge on any atom is 0.331 e. The minimum Gasteiger partial charge on any atom is -0.458 e. The van der Waals surface area contributed by atoms with Gasteiger partial charge >= 0.3 is 5.97 Å². The topological polar surface area (TPSA) is 135 Å². The van der Waals surface area contributed by atoms with Crippen LogP contribution in [0.4, 0.5) is 0 Å². The van der Waals surface area contributed by atoms with Crippen LogP contribution in [0.25, 0.3) is 0 Å². The molecule has 4 N–H and O–H groups in total. The van der Waals surface area contributed by atoms with Crippen LogP contribution in [0.1, 0.15) is 101 Å². The number of rotatable bonds is 8. The highest BCUT2D eigenvalue weighted by Crippen LogP contribution is 2.40. The number of carbonyl (C=O) groups excluding carboxylic acids is 1. The first-order valence-corrected chi connectivity index (χ1v) is 17.6. The summed E-state index contributed by atoms with van der Waals surface area (Å²) < 4.78 is 24.3. The summed E-state index contributed by atoms with van der Waals surface area (Å²) in [6.07, 6.45) is 11.3. The fraction of sp³-hybridized carbons (Fsp3) is 0.763. The summed E-state index contributed by atoms with van der Waals surface area (Å²) in [5, 5.41) is 45.4. The molecule has 47 heavy (non-hydrogen) atoms. The van der Waals surface area contributed by atoms with Crippen molar-refractivity contribution >= 4 is 5.97 Å². The van der Waals surface area contributed by atoms with Gasteiger partial charge in [0, 0.05) is 42.1 Å². The number of fused-ring (bicyclic) bond motifs is 2. The fourth-order valence-corrected chi connectivity index (χ4v) is 7.35. The molecular formula is C38H62O9. The fourth-order valence-electron chi connectivity index (χ4n) is 7.35. The summed E-state index contributed by atoms with van der Waals surface area (Å²) in [5.41, 5.74) is 0.745. The maximum atomic E-state index is 13.2. The van der Waals surface area contributed by atoms with Gasteiger partial charge < -0.3 is 39.4 Å². The molecule has 9 heteroatoms. The first-order valence-electron chi connectivity index (χ1n) is 17.6. The second-order valence-electron chi connectivity index (χ2n) is 14.8. The van der Waals surface area contributed by atoms with Crippen molar-refractivity contribution in [1.29, 1.82) is 0 Å². The first-order chi connectivity index (χ1) is 22.0. The van der Waals surface area contributed by atoms with E-state index in [0.29, 0.717) is 6.42 Å². The molecule has 9 nitrogen and oxygen atoms in total. The van der Waals surface area contributed by atoms with E-state index in [-0.39, 0.29) is 37.1 Å². The van der Waals surface area contributed by atoms with E-state index in [1.807, 2.05) is 58.9 Å². The number of esters is 1. The molecule has 0 saturated carbocycles. The zero-order valence-electron chi connectivity index (χ0n) is 30.1. The summed E-state index contributed by atoms with van der Waals surface area (Å²) in [6.45, 7) is 17.1. The minimum absolute atomic E-state index is 0.0232. The van der Waals surface area contributed by atoms with Gasteiger partial charge in [-0.2, -0.15) is 0 Å². The van der Waals surface area contributed by atoms with Crippen molar-refractivity contribution in [3.63, 3.8) is 0 Å². The molecule has 0 spiro atoms. The standard InChI is InChI=1S/C38H62O9/c1-10-11-12-16-32-30-19-23(2)14-13-15-25(4)35(27(6)34(41)28(7)38(43)21-31(39)26(5)29(8)47-38)46-33(40)18-17-24(3)20-37(9,36(30)42)45-22-44-32/h13-15,17-18,20,25-32,34-36,39,41-43H,10-12,16,19,21-22H2,1-9H3/b15-13-,18-17-,23-14+,24-20+. The average molecular weight is 663 g/mol. The van der Waals surface area contributed by atoms with Gasteiger partial charge in [-0.25, -0.2) is 4.79 Å². The van der Waals surface area contributed by atoms with E-state index in [1.54, 1.807) is 26.8 Å². The molecule has 2 bridgehead atoms. The number of cyclic esters (lactones) is 1. The van der Waals surface area contributed by atoms with E-state index in [9.17, 15) is 25.2 Å². The van der Waals surface area contributed by atoms with Gasteiger partial charge in [0.15, 0.2) is 5.79 Å². The highest BCUT2D eigenvalue weighted by molar-refractivity contribution is 5.82. The lowest BCUT2D eigenvalue weighted by Crippen LogP contribution is -2.57. The second-order valence-corrected chi connectivity index (χ2v) is 14.8. The maximum absolute atomic E-state index is 13.2. The van der Waals surface area contributed by atoms with Gasteiger partial charge in [-0.1, -0.05) is 89.3 Å². The molecule has 0 aromatic heterocycles. The molecule has 3 aliphatic rings. The largest absolute Gasteiger partial charge is 0.458 e. The van der Waals surface area contributed by atoms with Gasteiger partial charge in [-0.05, 0) is 46.6 Å². The molecule has 0 aliphatic carbocycles. The van der Waals surface area contributed by atoms with Crippen molar-refractivity contribution < 1.29 is 44.2 Å². The van der Waals surface area contributed by atoms with Gasteiger partial charge in [0.2, 0.25) is 0 Å². The molecule has 2 saturated heterocycles. The van der Waals surface area contributed by atoms with Crippen molar-refractivity contribution in [3.05, 3.63) is 47.6 Å². The third-order valence-electron chi connectivity index (χ3n) is 10.9. The quantitative estimate of drug-likeness (QED) is 0.189. The molecule has 0 aromatic carbocycles. The Labute approximate surface area is 282 Å². The van der Waals surface area contributed by atoms with Gasteiger partial charge in [0.25, 0.3) is 0 Å². The monoisotopic (exact) mass is 662 g/mol. The van der Waals surface area contributed by atoms with Crippen LogP contribution in [0, 0.1) is 29.6 Å². The summed E-state index contributed by atoms with van der Waals surface area (Å²) in [6, 6.07) is 0. The zero-order chi connectivity index (χ0) is 35.1. The summed E-state index contributed by atoms with van der Waals surface area (Å²) >= 11 is 0. The highest BCUT2D eigenvalue weighted by atomic mass is 16.7. The SMILES string of the molecule is CCCCCC1OCOC2(C)/C=C(C)/C=C\C(=O)OC(C(C)C(O)C(C)C3(O)CC(O)C(C)C(C)O3)C(C)/C=C\C=C(/C)CC1C2O. The lowest BCUT2D eigenvalue weighted by Gasteiger charge is -2.47. The van der Waals surface area contributed by atoms with Crippen molar-refractivity contribution in [2.45, 2.75) is 149 Å². The number of unbranched alkanes of at least 4 members (excludes halogenated alkanes) is 2. The predicted octanol–water partition coefficient (Wildman–Crippen LogP) is 5.76. The third kappa shape index (κ3) is 10.1. The number of aliphatic hydroxyl groups is 4. The van der Waals surface area contributed by atoms with Crippen LogP contribution in [0.15, 0.2) is 47.6 Å². The molecule has 3 rings (SSSR count). The third-order valence-corrected chi connectivity index (χ3v) is 10.9. The lowest BCUT2D eigenvalue weighted by atomic mass is 9.77. The Hall–Kier alpha value is -1.85. The molecule has 3 aliphatic heterocycles. The van der Waals surface area contributed by atoms with Crippen molar-refractivity contribution in [3.8, 4) is 0 Å². The van der Waals surface area contributed by atoms with Crippen molar-refractivity contribution in [1.82, 2.24) is 0 Å². The van der Waals surface area contributed by atoms with Gasteiger partial charge in [0.1, 0.15) is 18.5 Å². The number of hydrogen-bond acceptors (Lipinski definition) is 9. The molecule has 0 amide bonds. The van der Waals surface area contributed by atoms with Crippen LogP contribution < -0.4 is 0 Å². The molecule has 2 fully saturated rings. The van der Waals surface area contributed by atoms with Gasteiger partial charge in [-0.3, -0.25) is 0 Å². The Bertz CT molecular complexity index is 1130. The smallest absolute Gasteiger partial charge is 0.331 e. The molecule has 0 radical (unpaired) electrons. The molecule has 13 atom stereocenters. The zero-order valence-corrected chi connectivity index (χ0v) is 30.1. The van der Waals surface area contributed by atoms with Crippen LogP contribution in [-0.2, 0) is 23.7 Å². The van der Waals surface area contributed by atoms with Crippen LogP contribution in [-0.4, -0.2) is 81.2 Å². The van der Waals surface area contributed by atoms with E-state index >= 15 is 0 Å². The van der Waals surface area contributed by atoms with E-state index in [4.69, 9.17) is 18.9 Å². The number of carbonyl (C=O) groups is 1. The molecule has 13 unspecified atom stereocenters. The summed E-state index contributed by atoms with van der Waals surface area (Å²) in [7, 11) is 0. The molecule has 0 aromatic rings. The van der Waals surface area contributed by atoms with E-state index in [0.717, 1.165) is 36.8 Å². The average Bonchev–Trinajstić information content (AvgIpc) is 3.11. The molecule has 268 valence electrons. The predicted molar refractivity (Wildman–Crippen MR) is 182 cm³/mol. The lowest BCUT2D eigenvalue weighted by molar-refractivity contribution is -0.318.